The molecule has 0 saturated carbocycles. The van der Waals surface area contributed by atoms with Crippen LogP contribution >= 0.6 is 0 Å². The normalized spacial score (nSPS) is 12.4. The number of nitrogens with zero attached hydrogens (tertiary/aromatic N) is 2. The second kappa shape index (κ2) is 7.69. The number of hydrogen-bond acceptors (Lipinski definition) is 11. The van der Waals surface area contributed by atoms with Crippen molar-refractivity contribution in [1.82, 2.24) is 15.2 Å². The number of anilines is 2. The average Bonchev–Trinajstić information content (AvgIpc) is 3.03. The molecular formula is C13H15N5O9S3. The summed E-state index contributed by atoms with van der Waals surface area (Å²) < 4.78 is 83.5. The fourth-order valence-electron chi connectivity index (χ4n) is 2.16. The SMILES string of the molecule is CS(=O)(=O)c1nc(N)n[nH]1.Nc1c(O)c(S(=O)(=O)O)cc2cc(S(=O)(=O)O)ccc12. The summed E-state index contributed by atoms with van der Waals surface area (Å²) in [5, 5.41) is 15.1. The molecule has 8 N–H and O–H groups in total. The highest BCUT2D eigenvalue weighted by Crippen LogP contribution is 2.36. The number of phenolic OH excluding ortho intramolecular Hbond substituents is 1. The van der Waals surface area contributed by atoms with Crippen LogP contribution in [0.15, 0.2) is 39.2 Å². The van der Waals surface area contributed by atoms with Crippen LogP contribution in [0.1, 0.15) is 0 Å². The van der Waals surface area contributed by atoms with Crippen LogP contribution < -0.4 is 11.5 Å². The van der Waals surface area contributed by atoms with Crippen LogP contribution in [0.25, 0.3) is 10.8 Å². The highest BCUT2D eigenvalue weighted by Gasteiger charge is 2.21. The van der Waals surface area contributed by atoms with Crippen LogP contribution in [0, 0.1) is 0 Å². The fraction of sp³-hybridized carbons (Fsp3) is 0.0769. The molecule has 0 unspecified atom stereocenters. The highest BCUT2D eigenvalue weighted by atomic mass is 32.2. The van der Waals surface area contributed by atoms with Crippen molar-refractivity contribution in [3.05, 3.63) is 24.3 Å². The van der Waals surface area contributed by atoms with E-state index in [2.05, 4.69) is 15.2 Å². The zero-order valence-corrected chi connectivity index (χ0v) is 17.3. The number of hydrogen-bond donors (Lipinski definition) is 6. The van der Waals surface area contributed by atoms with Crippen LogP contribution in [0.5, 0.6) is 5.75 Å². The van der Waals surface area contributed by atoms with Crippen LogP contribution in [-0.4, -0.2) is 60.9 Å². The largest absolute Gasteiger partial charge is 0.504 e. The predicted octanol–water partition coefficient (Wildman–Crippen LogP) is -0.589. The standard InChI is InChI=1S/C10H9NO7S2.C3H6N4O2S/c11-9-7-2-1-6(19(13,14)15)3-5(7)4-8(10(9)12)20(16,17)18;1-10(8,9)3-5-2(4)6-7-3/h1-4,12H,11H2,(H,13,14,15)(H,16,17,18);1H3,(H3,4,5,6,7). The molecule has 0 atom stereocenters. The van der Waals surface area contributed by atoms with Crippen molar-refractivity contribution in [2.45, 2.75) is 14.9 Å². The second-order valence-corrected chi connectivity index (χ2v) is 10.5. The molecule has 1 aromatic heterocycles. The monoisotopic (exact) mass is 481 g/mol. The number of nitrogen functional groups attached to an aromatic ring is 2. The van der Waals surface area contributed by atoms with Gasteiger partial charge in [-0.05, 0) is 23.6 Å². The van der Waals surface area contributed by atoms with Crippen molar-refractivity contribution in [1.29, 1.82) is 0 Å². The number of aromatic hydroxyl groups is 1. The number of H-pyrrole nitrogens is 1. The molecule has 0 aliphatic rings. The molecule has 164 valence electrons. The summed E-state index contributed by atoms with van der Waals surface area (Å²) in [5.74, 6) is -0.903. The number of nitrogens with two attached hydrogens (primary N) is 2. The third-order valence-electron chi connectivity index (χ3n) is 3.50. The van der Waals surface area contributed by atoms with Gasteiger partial charge in [0.25, 0.3) is 20.2 Å². The zero-order valence-electron chi connectivity index (χ0n) is 14.9. The van der Waals surface area contributed by atoms with E-state index < -0.39 is 45.6 Å². The first kappa shape index (κ1) is 23.3. The van der Waals surface area contributed by atoms with Gasteiger partial charge in [-0.1, -0.05) is 6.07 Å². The molecule has 0 fully saturated rings. The van der Waals surface area contributed by atoms with Crippen molar-refractivity contribution in [2.75, 3.05) is 17.7 Å². The molecule has 3 aromatic rings. The van der Waals surface area contributed by atoms with Crippen molar-refractivity contribution in [3.8, 4) is 5.75 Å². The van der Waals surface area contributed by atoms with Gasteiger partial charge in [-0.2, -0.15) is 21.8 Å². The molecule has 0 aliphatic heterocycles. The van der Waals surface area contributed by atoms with Gasteiger partial charge in [0.2, 0.25) is 20.9 Å². The summed E-state index contributed by atoms with van der Waals surface area (Å²) in [4.78, 5) is 2.08. The Morgan fingerprint density at radius 1 is 0.967 bits per heavy atom. The molecule has 0 saturated heterocycles. The van der Waals surface area contributed by atoms with Crippen molar-refractivity contribution in [3.63, 3.8) is 0 Å². The Morgan fingerprint density at radius 2 is 1.57 bits per heavy atom. The van der Waals surface area contributed by atoms with Gasteiger partial charge in [0.05, 0.1) is 10.6 Å². The van der Waals surface area contributed by atoms with E-state index in [1.807, 2.05) is 0 Å². The lowest BCUT2D eigenvalue weighted by Crippen LogP contribution is -2.02. The molecule has 0 radical (unpaired) electrons. The lowest BCUT2D eigenvalue weighted by atomic mass is 10.1. The summed E-state index contributed by atoms with van der Waals surface area (Å²) in [6.45, 7) is 0. The van der Waals surface area contributed by atoms with E-state index in [0.29, 0.717) is 0 Å². The Morgan fingerprint density at radius 3 is 1.97 bits per heavy atom. The maximum absolute atomic E-state index is 11.1. The number of phenols is 1. The Labute approximate surface area is 170 Å². The van der Waals surface area contributed by atoms with Gasteiger partial charge in [-0.15, -0.1) is 5.10 Å². The van der Waals surface area contributed by atoms with E-state index in [1.165, 1.54) is 6.07 Å². The van der Waals surface area contributed by atoms with Gasteiger partial charge < -0.3 is 16.6 Å². The van der Waals surface area contributed by atoms with Crippen LogP contribution in [0.3, 0.4) is 0 Å². The molecule has 0 bridgehead atoms. The summed E-state index contributed by atoms with van der Waals surface area (Å²) in [6, 6.07) is 4.06. The van der Waals surface area contributed by atoms with Gasteiger partial charge >= 0.3 is 0 Å². The van der Waals surface area contributed by atoms with E-state index in [-0.39, 0.29) is 27.6 Å². The zero-order chi connectivity index (χ0) is 23.1. The molecule has 0 amide bonds. The quantitative estimate of drug-likeness (QED) is 0.155. The molecule has 3 rings (SSSR count). The number of aromatic amines is 1. The maximum Gasteiger partial charge on any atom is 0.298 e. The topological polar surface area (TPSA) is 257 Å². The Kier molecular flexibility index (Phi) is 5.97. The van der Waals surface area contributed by atoms with E-state index in [0.717, 1.165) is 24.5 Å². The van der Waals surface area contributed by atoms with Gasteiger partial charge in [0, 0.05) is 11.6 Å². The molecular weight excluding hydrogens is 466 g/mol. The Balaban J connectivity index is 0.000000269. The third-order valence-corrected chi connectivity index (χ3v) is 6.10. The molecule has 14 nitrogen and oxygen atoms in total. The smallest absolute Gasteiger partial charge is 0.298 e. The number of sulfone groups is 1. The molecule has 0 spiro atoms. The molecule has 30 heavy (non-hydrogen) atoms. The number of fused-ring (bicyclic) bond motifs is 1. The maximum atomic E-state index is 11.1. The molecule has 17 heteroatoms. The minimum absolute atomic E-state index is 0.0167. The van der Waals surface area contributed by atoms with Crippen LogP contribution in [0.2, 0.25) is 0 Å². The Bertz CT molecular complexity index is 1440. The van der Waals surface area contributed by atoms with Crippen molar-refractivity contribution < 1.29 is 39.5 Å². The number of aromatic nitrogens is 3. The first-order chi connectivity index (χ1) is 13.5. The average molecular weight is 481 g/mol. The highest BCUT2D eigenvalue weighted by molar-refractivity contribution is 7.90. The van der Waals surface area contributed by atoms with Crippen LogP contribution in [0.4, 0.5) is 11.6 Å². The summed E-state index contributed by atoms with van der Waals surface area (Å²) in [7, 11) is -12.5. The summed E-state index contributed by atoms with van der Waals surface area (Å²) in [6.07, 6.45) is 1.02. The molecule has 1 heterocycles. The van der Waals surface area contributed by atoms with Gasteiger partial charge in [-0.25, -0.2) is 13.5 Å². The minimum Gasteiger partial charge on any atom is -0.504 e. The lowest BCUT2D eigenvalue weighted by Gasteiger charge is -2.09. The minimum atomic E-state index is -4.74. The van der Waals surface area contributed by atoms with Gasteiger partial charge in [0.15, 0.2) is 5.75 Å². The van der Waals surface area contributed by atoms with Gasteiger partial charge in [-0.3, -0.25) is 9.11 Å². The van der Waals surface area contributed by atoms with Crippen molar-refractivity contribution >= 4 is 52.5 Å². The first-order valence-electron chi connectivity index (χ1n) is 7.40. The van der Waals surface area contributed by atoms with Crippen molar-refractivity contribution in [2.24, 2.45) is 0 Å². The molecule has 0 aliphatic carbocycles. The van der Waals surface area contributed by atoms with Gasteiger partial charge in [0.1, 0.15) is 4.90 Å². The first-order valence-corrected chi connectivity index (χ1v) is 12.2. The number of benzene rings is 2. The fourth-order valence-corrected chi connectivity index (χ4v) is 3.77. The van der Waals surface area contributed by atoms with E-state index in [9.17, 15) is 30.4 Å². The van der Waals surface area contributed by atoms with E-state index >= 15 is 0 Å². The number of rotatable bonds is 3. The second-order valence-electron chi connectivity index (χ2n) is 5.74. The van der Waals surface area contributed by atoms with E-state index in [4.69, 9.17) is 20.6 Å². The van der Waals surface area contributed by atoms with Crippen LogP contribution in [-0.2, 0) is 30.1 Å². The number of nitrogens with one attached hydrogen (secondary N) is 1. The lowest BCUT2D eigenvalue weighted by molar-refractivity contribution is 0.446. The van der Waals surface area contributed by atoms with E-state index in [1.54, 1.807) is 0 Å². The third kappa shape index (κ3) is 5.13. The summed E-state index contributed by atoms with van der Waals surface area (Å²) in [5.41, 5.74) is 10.3. The Hall–Kier alpha value is -2.99. The summed E-state index contributed by atoms with van der Waals surface area (Å²) >= 11 is 0. The predicted molar refractivity (Wildman–Crippen MR) is 104 cm³/mol. The molecule has 2 aromatic carbocycles.